The fourth-order valence-electron chi connectivity index (χ4n) is 2.91. The van der Waals surface area contributed by atoms with Crippen LogP contribution < -0.4 is 5.32 Å². The van der Waals surface area contributed by atoms with E-state index >= 15 is 0 Å². The summed E-state index contributed by atoms with van der Waals surface area (Å²) in [7, 11) is 1.98. The Morgan fingerprint density at radius 2 is 2.30 bits per heavy atom. The fourth-order valence-corrected chi connectivity index (χ4v) is 2.91. The standard InChI is InChI=1S/C15H22N6O2/c1-4-20-7-8-21(9-12(20)14-16-5-6-19(14)3)15(22)17-13-11(2)10-23-18-13/h5-6,10,12H,4,7-9H2,1-3H3,(H,17,18,22)/t12-/m1/s1. The van der Waals surface area contributed by atoms with Crippen molar-refractivity contribution in [3.05, 3.63) is 30.0 Å². The number of nitrogens with one attached hydrogen (secondary N) is 1. The van der Waals surface area contributed by atoms with Crippen LogP contribution in [-0.2, 0) is 7.05 Å². The van der Waals surface area contributed by atoms with Gasteiger partial charge in [-0.2, -0.15) is 0 Å². The number of nitrogens with zero attached hydrogens (tertiary/aromatic N) is 5. The van der Waals surface area contributed by atoms with Crippen molar-refractivity contribution in [2.24, 2.45) is 7.05 Å². The van der Waals surface area contributed by atoms with E-state index in [4.69, 9.17) is 4.52 Å². The number of imidazole rings is 1. The minimum atomic E-state index is -0.156. The van der Waals surface area contributed by atoms with Crippen LogP contribution in [0.25, 0.3) is 0 Å². The molecule has 23 heavy (non-hydrogen) atoms. The number of rotatable bonds is 3. The molecule has 0 unspecified atom stereocenters. The number of piperazine rings is 1. The van der Waals surface area contributed by atoms with Gasteiger partial charge in [-0.1, -0.05) is 12.1 Å². The molecule has 1 atom stereocenters. The summed E-state index contributed by atoms with van der Waals surface area (Å²) in [5.74, 6) is 1.45. The Labute approximate surface area is 135 Å². The largest absolute Gasteiger partial charge is 0.362 e. The van der Waals surface area contributed by atoms with Crippen LogP contribution in [0.5, 0.6) is 0 Å². The highest BCUT2D eigenvalue weighted by Gasteiger charge is 2.32. The molecule has 2 aromatic rings. The third-order valence-corrected chi connectivity index (χ3v) is 4.31. The molecule has 2 aromatic heterocycles. The van der Waals surface area contributed by atoms with Gasteiger partial charge in [0.1, 0.15) is 12.1 Å². The quantitative estimate of drug-likeness (QED) is 0.930. The summed E-state index contributed by atoms with van der Waals surface area (Å²) in [6.07, 6.45) is 5.24. The van der Waals surface area contributed by atoms with Gasteiger partial charge in [-0.3, -0.25) is 10.2 Å². The van der Waals surface area contributed by atoms with Crippen molar-refractivity contribution in [2.45, 2.75) is 19.9 Å². The second kappa shape index (κ2) is 6.41. The topological polar surface area (TPSA) is 79.4 Å². The van der Waals surface area contributed by atoms with Crippen molar-refractivity contribution in [1.29, 1.82) is 0 Å². The van der Waals surface area contributed by atoms with E-state index in [0.29, 0.717) is 18.9 Å². The van der Waals surface area contributed by atoms with Gasteiger partial charge in [-0.25, -0.2) is 9.78 Å². The Bertz CT molecular complexity index is 679. The van der Waals surface area contributed by atoms with E-state index in [2.05, 4.69) is 27.3 Å². The molecule has 1 fully saturated rings. The summed E-state index contributed by atoms with van der Waals surface area (Å²) in [6, 6.07) is -0.0603. The lowest BCUT2D eigenvalue weighted by atomic mass is 10.1. The molecule has 0 saturated carbocycles. The molecule has 0 radical (unpaired) electrons. The smallest absolute Gasteiger partial charge is 0.323 e. The first kappa shape index (κ1) is 15.5. The zero-order valence-electron chi connectivity index (χ0n) is 13.7. The number of anilines is 1. The average molecular weight is 318 g/mol. The first-order valence-electron chi connectivity index (χ1n) is 7.78. The van der Waals surface area contributed by atoms with Gasteiger partial charge in [0, 0.05) is 44.6 Å². The molecular formula is C15H22N6O2. The summed E-state index contributed by atoms with van der Waals surface area (Å²) >= 11 is 0. The Balaban J connectivity index is 1.73. The number of likely N-dealkylation sites (N-methyl/N-ethyl adjacent to an activating group) is 1. The molecular weight excluding hydrogens is 296 g/mol. The van der Waals surface area contributed by atoms with E-state index in [1.807, 2.05) is 24.7 Å². The second-order valence-electron chi connectivity index (χ2n) is 5.76. The van der Waals surface area contributed by atoms with Crippen LogP contribution in [0, 0.1) is 6.92 Å². The lowest BCUT2D eigenvalue weighted by molar-refractivity contribution is 0.0926. The highest BCUT2D eigenvalue weighted by atomic mass is 16.5. The van der Waals surface area contributed by atoms with E-state index in [9.17, 15) is 4.79 Å². The number of hydrogen-bond donors (Lipinski definition) is 1. The van der Waals surface area contributed by atoms with Gasteiger partial charge in [0.15, 0.2) is 5.82 Å². The third-order valence-electron chi connectivity index (χ3n) is 4.31. The molecule has 2 amide bonds. The summed E-state index contributed by atoms with van der Waals surface area (Å²) in [4.78, 5) is 21.1. The van der Waals surface area contributed by atoms with E-state index in [-0.39, 0.29) is 12.1 Å². The predicted octanol–water partition coefficient (Wildman–Crippen LogP) is 1.63. The van der Waals surface area contributed by atoms with Crippen molar-refractivity contribution in [2.75, 3.05) is 31.5 Å². The zero-order valence-corrected chi connectivity index (χ0v) is 13.7. The van der Waals surface area contributed by atoms with E-state index in [1.165, 1.54) is 6.26 Å². The number of urea groups is 1. The molecule has 0 spiro atoms. The van der Waals surface area contributed by atoms with E-state index < -0.39 is 0 Å². The average Bonchev–Trinajstić information content (AvgIpc) is 3.15. The van der Waals surface area contributed by atoms with Crippen molar-refractivity contribution in [1.82, 2.24) is 24.5 Å². The third kappa shape index (κ3) is 3.07. The van der Waals surface area contributed by atoms with Gasteiger partial charge in [0.2, 0.25) is 0 Å². The van der Waals surface area contributed by atoms with Crippen LogP contribution in [0.4, 0.5) is 10.6 Å². The predicted molar refractivity (Wildman–Crippen MR) is 85.0 cm³/mol. The van der Waals surface area contributed by atoms with Gasteiger partial charge in [-0.15, -0.1) is 0 Å². The molecule has 8 nitrogen and oxygen atoms in total. The fraction of sp³-hybridized carbons (Fsp3) is 0.533. The number of aryl methyl sites for hydroxylation is 2. The molecule has 124 valence electrons. The van der Waals surface area contributed by atoms with Crippen molar-refractivity contribution >= 4 is 11.8 Å². The van der Waals surface area contributed by atoms with E-state index in [1.54, 1.807) is 11.1 Å². The number of amides is 2. The first-order chi connectivity index (χ1) is 11.1. The maximum absolute atomic E-state index is 12.5. The lowest BCUT2D eigenvalue weighted by Crippen LogP contribution is -2.52. The maximum atomic E-state index is 12.5. The summed E-state index contributed by atoms with van der Waals surface area (Å²) < 4.78 is 6.87. The highest BCUT2D eigenvalue weighted by Crippen LogP contribution is 2.24. The summed E-state index contributed by atoms with van der Waals surface area (Å²) in [5, 5.41) is 6.61. The van der Waals surface area contributed by atoms with Crippen LogP contribution >= 0.6 is 0 Å². The first-order valence-corrected chi connectivity index (χ1v) is 7.78. The zero-order chi connectivity index (χ0) is 16.4. The molecule has 3 rings (SSSR count). The number of carbonyl (C=O) groups is 1. The summed E-state index contributed by atoms with van der Waals surface area (Å²) in [5.41, 5.74) is 0.811. The molecule has 1 aliphatic rings. The SMILES string of the molecule is CCN1CCN(C(=O)Nc2nocc2C)C[C@@H]1c1nccn1C. The number of hydrogen-bond acceptors (Lipinski definition) is 5. The van der Waals surface area contributed by atoms with Crippen LogP contribution in [-0.4, -0.2) is 56.7 Å². The molecule has 0 aliphatic carbocycles. The Morgan fingerprint density at radius 1 is 1.48 bits per heavy atom. The minimum Gasteiger partial charge on any atom is -0.362 e. The van der Waals surface area contributed by atoms with Crippen LogP contribution in [0.1, 0.15) is 24.4 Å². The van der Waals surface area contributed by atoms with Crippen LogP contribution in [0.2, 0.25) is 0 Å². The maximum Gasteiger partial charge on any atom is 0.323 e. The molecule has 8 heteroatoms. The van der Waals surface area contributed by atoms with Gasteiger partial charge < -0.3 is 14.0 Å². The molecule has 3 heterocycles. The second-order valence-corrected chi connectivity index (χ2v) is 5.76. The number of aromatic nitrogens is 3. The normalized spacial score (nSPS) is 19.1. The molecule has 1 saturated heterocycles. The van der Waals surface area contributed by atoms with Gasteiger partial charge >= 0.3 is 6.03 Å². The van der Waals surface area contributed by atoms with Crippen molar-refractivity contribution < 1.29 is 9.32 Å². The highest BCUT2D eigenvalue weighted by molar-refractivity contribution is 5.89. The Morgan fingerprint density at radius 3 is 2.91 bits per heavy atom. The minimum absolute atomic E-state index is 0.0953. The van der Waals surface area contributed by atoms with Crippen LogP contribution in [0.3, 0.4) is 0 Å². The van der Waals surface area contributed by atoms with Crippen molar-refractivity contribution in [3.63, 3.8) is 0 Å². The number of carbonyl (C=O) groups excluding carboxylic acids is 1. The Hall–Kier alpha value is -2.35. The molecule has 1 N–H and O–H groups in total. The molecule has 0 aromatic carbocycles. The summed E-state index contributed by atoms with van der Waals surface area (Å²) in [6.45, 7) is 7.00. The monoisotopic (exact) mass is 318 g/mol. The van der Waals surface area contributed by atoms with Gasteiger partial charge in [0.05, 0.1) is 6.04 Å². The molecule has 0 bridgehead atoms. The van der Waals surface area contributed by atoms with Crippen LogP contribution in [0.15, 0.2) is 23.2 Å². The van der Waals surface area contributed by atoms with Gasteiger partial charge in [-0.05, 0) is 13.5 Å². The van der Waals surface area contributed by atoms with Crippen molar-refractivity contribution in [3.8, 4) is 0 Å². The molecule has 1 aliphatic heterocycles. The van der Waals surface area contributed by atoms with Gasteiger partial charge in [0.25, 0.3) is 0 Å². The lowest BCUT2D eigenvalue weighted by Gasteiger charge is -2.40. The Kier molecular flexibility index (Phi) is 4.33. The van der Waals surface area contributed by atoms with E-state index in [0.717, 1.165) is 24.5 Å².